The minimum absolute atomic E-state index is 0.794. The first kappa shape index (κ1) is 8.57. The van der Waals surface area contributed by atoms with E-state index in [-0.39, 0.29) is 0 Å². The van der Waals surface area contributed by atoms with Gasteiger partial charge in [0, 0.05) is 18.6 Å². The van der Waals surface area contributed by atoms with Gasteiger partial charge in [-0.1, -0.05) is 23.7 Å². The van der Waals surface area contributed by atoms with Crippen LogP contribution >= 0.6 is 11.6 Å². The van der Waals surface area contributed by atoms with Gasteiger partial charge in [0.2, 0.25) is 0 Å². The van der Waals surface area contributed by atoms with E-state index in [1.54, 1.807) is 0 Å². The van der Waals surface area contributed by atoms with Gasteiger partial charge in [-0.2, -0.15) is 0 Å². The van der Waals surface area contributed by atoms with E-state index in [2.05, 4.69) is 5.32 Å². The number of hydrogen-bond donors (Lipinski definition) is 0. The summed E-state index contributed by atoms with van der Waals surface area (Å²) in [5, 5.41) is 4.81. The second-order valence-electron chi connectivity index (χ2n) is 2.42. The minimum Gasteiger partial charge on any atom is -0.245 e. The van der Waals surface area contributed by atoms with E-state index in [4.69, 9.17) is 11.6 Å². The molecule has 0 spiro atoms. The Bertz CT molecular complexity index is 205. The fourth-order valence-corrected chi connectivity index (χ4v) is 1.02. The van der Waals surface area contributed by atoms with Crippen LogP contribution in [0, 0.1) is 0 Å². The maximum absolute atomic E-state index is 5.72. The molecule has 0 unspecified atom stereocenters. The van der Waals surface area contributed by atoms with Crippen molar-refractivity contribution in [2.24, 2.45) is 0 Å². The summed E-state index contributed by atoms with van der Waals surface area (Å²) in [6.45, 7) is 0.891. The van der Waals surface area contributed by atoms with E-state index in [0.29, 0.717) is 0 Å². The SMILES string of the molecule is C[N]CCc1ccc(Cl)cc1. The molecule has 0 heterocycles. The normalized spacial score (nSPS) is 10.0. The number of nitrogens with zero attached hydrogens (tertiary/aromatic N) is 1. The molecule has 1 aromatic carbocycles. The summed E-state index contributed by atoms with van der Waals surface area (Å²) in [6, 6.07) is 7.89. The van der Waals surface area contributed by atoms with Crippen LogP contribution in [0.4, 0.5) is 0 Å². The van der Waals surface area contributed by atoms with Crippen LogP contribution in [0.3, 0.4) is 0 Å². The molecule has 59 valence electrons. The molecule has 0 atom stereocenters. The average molecular weight is 169 g/mol. The molecule has 0 N–H and O–H groups in total. The predicted molar refractivity (Wildman–Crippen MR) is 48.1 cm³/mol. The molecule has 0 aromatic heterocycles. The van der Waals surface area contributed by atoms with Gasteiger partial charge in [0.05, 0.1) is 0 Å². The molecule has 1 radical (unpaired) electrons. The molecule has 1 rings (SSSR count). The zero-order chi connectivity index (χ0) is 8.10. The summed E-state index contributed by atoms with van der Waals surface area (Å²) >= 11 is 5.72. The first-order valence-electron chi connectivity index (χ1n) is 3.63. The van der Waals surface area contributed by atoms with Crippen LogP contribution in [0.15, 0.2) is 24.3 Å². The number of likely N-dealkylation sites (N-methyl/N-ethyl adjacent to an activating group) is 1. The largest absolute Gasteiger partial charge is 0.245 e. The summed E-state index contributed by atoms with van der Waals surface area (Å²) in [6.07, 6.45) is 1.01. The standard InChI is InChI=1S/C9H11ClN/c1-11-7-6-8-2-4-9(10)5-3-8/h2-5H,6-7H2,1H3. The number of hydrogen-bond acceptors (Lipinski definition) is 0. The lowest BCUT2D eigenvalue weighted by Gasteiger charge is -1.98. The molecular formula is C9H11ClN. The first-order valence-corrected chi connectivity index (χ1v) is 4.01. The summed E-state index contributed by atoms with van der Waals surface area (Å²) in [5.41, 5.74) is 1.29. The number of halogens is 1. The zero-order valence-electron chi connectivity index (χ0n) is 6.55. The maximum Gasteiger partial charge on any atom is 0.0406 e. The highest BCUT2D eigenvalue weighted by atomic mass is 35.5. The van der Waals surface area contributed by atoms with Gasteiger partial charge in [-0.25, -0.2) is 5.32 Å². The molecule has 0 bridgehead atoms. The number of benzene rings is 1. The van der Waals surface area contributed by atoms with Crippen molar-refractivity contribution in [1.29, 1.82) is 0 Å². The van der Waals surface area contributed by atoms with E-state index in [1.165, 1.54) is 5.56 Å². The topological polar surface area (TPSA) is 14.1 Å². The summed E-state index contributed by atoms with van der Waals surface area (Å²) in [7, 11) is 1.83. The Morgan fingerprint density at radius 1 is 1.27 bits per heavy atom. The third-order valence-corrected chi connectivity index (χ3v) is 1.79. The first-order chi connectivity index (χ1) is 5.33. The van der Waals surface area contributed by atoms with Crippen LogP contribution in [-0.4, -0.2) is 13.6 Å². The van der Waals surface area contributed by atoms with Gasteiger partial charge in [0.25, 0.3) is 0 Å². The fraction of sp³-hybridized carbons (Fsp3) is 0.333. The Kier molecular flexibility index (Phi) is 3.40. The maximum atomic E-state index is 5.72. The van der Waals surface area contributed by atoms with Crippen molar-refractivity contribution >= 4 is 11.6 Å². The lowest BCUT2D eigenvalue weighted by atomic mass is 10.1. The van der Waals surface area contributed by atoms with E-state index in [9.17, 15) is 0 Å². The lowest BCUT2D eigenvalue weighted by molar-refractivity contribution is 0.777. The van der Waals surface area contributed by atoms with Gasteiger partial charge in [0.1, 0.15) is 0 Å². The van der Waals surface area contributed by atoms with Gasteiger partial charge < -0.3 is 0 Å². The fourth-order valence-electron chi connectivity index (χ4n) is 0.892. The zero-order valence-corrected chi connectivity index (χ0v) is 7.30. The van der Waals surface area contributed by atoms with Crippen molar-refractivity contribution in [3.8, 4) is 0 Å². The summed E-state index contributed by atoms with van der Waals surface area (Å²) in [4.78, 5) is 0. The van der Waals surface area contributed by atoms with Crippen molar-refractivity contribution in [2.45, 2.75) is 6.42 Å². The molecule has 11 heavy (non-hydrogen) atoms. The van der Waals surface area contributed by atoms with E-state index in [0.717, 1.165) is 18.0 Å². The van der Waals surface area contributed by atoms with Crippen LogP contribution in [0.5, 0.6) is 0 Å². The van der Waals surface area contributed by atoms with Gasteiger partial charge in [-0.05, 0) is 24.1 Å². The molecule has 0 amide bonds. The Morgan fingerprint density at radius 2 is 1.91 bits per heavy atom. The molecule has 0 aliphatic rings. The Hall–Kier alpha value is -0.530. The second kappa shape index (κ2) is 4.37. The van der Waals surface area contributed by atoms with Gasteiger partial charge in [0.15, 0.2) is 0 Å². The van der Waals surface area contributed by atoms with Crippen LogP contribution in [0.1, 0.15) is 5.56 Å². The van der Waals surface area contributed by atoms with Gasteiger partial charge in [-0.15, -0.1) is 0 Å². The second-order valence-corrected chi connectivity index (χ2v) is 2.85. The monoisotopic (exact) mass is 168 g/mol. The third-order valence-electron chi connectivity index (χ3n) is 1.54. The third kappa shape index (κ3) is 2.91. The lowest BCUT2D eigenvalue weighted by Crippen LogP contribution is -2.02. The van der Waals surface area contributed by atoms with Gasteiger partial charge in [-0.3, -0.25) is 0 Å². The van der Waals surface area contributed by atoms with E-state index < -0.39 is 0 Å². The molecule has 0 fully saturated rings. The quantitative estimate of drug-likeness (QED) is 0.657. The van der Waals surface area contributed by atoms with Crippen molar-refractivity contribution in [3.63, 3.8) is 0 Å². The van der Waals surface area contributed by atoms with Crippen LogP contribution in [-0.2, 0) is 6.42 Å². The van der Waals surface area contributed by atoms with Crippen molar-refractivity contribution < 1.29 is 0 Å². The van der Waals surface area contributed by atoms with Crippen molar-refractivity contribution in [2.75, 3.05) is 13.6 Å². The Balaban J connectivity index is 2.52. The highest BCUT2D eigenvalue weighted by Crippen LogP contribution is 2.09. The number of rotatable bonds is 3. The van der Waals surface area contributed by atoms with Crippen LogP contribution in [0.25, 0.3) is 0 Å². The van der Waals surface area contributed by atoms with E-state index in [1.807, 2.05) is 31.3 Å². The van der Waals surface area contributed by atoms with E-state index >= 15 is 0 Å². The van der Waals surface area contributed by atoms with Crippen molar-refractivity contribution in [3.05, 3.63) is 34.9 Å². The van der Waals surface area contributed by atoms with Gasteiger partial charge >= 0.3 is 0 Å². The predicted octanol–water partition coefficient (Wildman–Crippen LogP) is 2.12. The molecule has 2 heteroatoms. The minimum atomic E-state index is 0.794. The molecule has 0 saturated carbocycles. The Morgan fingerprint density at radius 3 is 2.45 bits per heavy atom. The summed E-state index contributed by atoms with van der Waals surface area (Å²) < 4.78 is 0. The van der Waals surface area contributed by atoms with Crippen LogP contribution in [0.2, 0.25) is 5.02 Å². The molecule has 0 saturated heterocycles. The molecule has 1 aromatic rings. The highest BCUT2D eigenvalue weighted by molar-refractivity contribution is 6.30. The molecule has 0 aliphatic carbocycles. The average Bonchev–Trinajstić information content (AvgIpc) is 2.04. The Labute approximate surface area is 72.4 Å². The smallest absolute Gasteiger partial charge is 0.0406 e. The van der Waals surface area contributed by atoms with Crippen molar-refractivity contribution in [1.82, 2.24) is 5.32 Å². The highest BCUT2D eigenvalue weighted by Gasteiger charge is 1.91. The summed E-state index contributed by atoms with van der Waals surface area (Å²) in [5.74, 6) is 0. The van der Waals surface area contributed by atoms with Crippen LogP contribution < -0.4 is 5.32 Å². The molecule has 1 nitrogen and oxygen atoms in total. The molecule has 0 aliphatic heterocycles. The molecular weight excluding hydrogens is 158 g/mol.